The first-order chi connectivity index (χ1) is 12.8. The lowest BCUT2D eigenvalue weighted by molar-refractivity contribution is -0.0529. The molecule has 3 rings (SSSR count). The van der Waals surface area contributed by atoms with Crippen LogP contribution >= 0.6 is 0 Å². The summed E-state index contributed by atoms with van der Waals surface area (Å²) < 4.78 is 12.2. The van der Waals surface area contributed by atoms with Crippen LogP contribution in [-0.2, 0) is 9.47 Å². The van der Waals surface area contributed by atoms with E-state index in [1.807, 2.05) is 0 Å². The van der Waals surface area contributed by atoms with E-state index in [4.69, 9.17) is 9.47 Å². The second-order valence-electron chi connectivity index (χ2n) is 9.54. The summed E-state index contributed by atoms with van der Waals surface area (Å²) in [7, 11) is 0. The zero-order chi connectivity index (χ0) is 18.2. The highest BCUT2D eigenvalue weighted by Crippen LogP contribution is 2.38. The minimum Gasteiger partial charge on any atom is -0.379 e. The fraction of sp³-hybridized carbons (Fsp3) is 1.00. The van der Waals surface area contributed by atoms with Crippen molar-refractivity contribution in [1.29, 1.82) is 0 Å². The van der Waals surface area contributed by atoms with E-state index >= 15 is 0 Å². The number of hydrogen-bond acceptors (Lipinski definition) is 2. The minimum atomic E-state index is 0.543. The Labute approximate surface area is 162 Å². The molecule has 0 amide bonds. The summed E-state index contributed by atoms with van der Waals surface area (Å²) in [5.74, 6) is 3.78. The lowest BCUT2D eigenvalue weighted by Gasteiger charge is -2.38. The molecule has 0 spiro atoms. The van der Waals surface area contributed by atoms with Crippen molar-refractivity contribution in [3.8, 4) is 0 Å². The van der Waals surface area contributed by atoms with E-state index in [-0.39, 0.29) is 0 Å². The highest BCUT2D eigenvalue weighted by Gasteiger charge is 2.32. The maximum absolute atomic E-state index is 6.34. The maximum Gasteiger partial charge on any atom is 0.0575 e. The summed E-state index contributed by atoms with van der Waals surface area (Å²) in [5.41, 5.74) is 0. The second kappa shape index (κ2) is 11.1. The molecule has 0 aromatic rings. The predicted octanol–water partition coefficient (Wildman–Crippen LogP) is 6.76. The first-order valence-corrected chi connectivity index (χ1v) is 12.0. The molecule has 2 atom stereocenters. The van der Waals surface area contributed by atoms with Gasteiger partial charge >= 0.3 is 0 Å². The van der Waals surface area contributed by atoms with E-state index in [1.54, 1.807) is 0 Å². The van der Waals surface area contributed by atoms with Gasteiger partial charge in [-0.05, 0) is 82.0 Å². The van der Waals surface area contributed by atoms with Crippen LogP contribution in [0.5, 0.6) is 0 Å². The smallest absolute Gasteiger partial charge is 0.0575 e. The topological polar surface area (TPSA) is 18.5 Å². The molecule has 2 aliphatic carbocycles. The van der Waals surface area contributed by atoms with E-state index in [2.05, 4.69) is 13.8 Å². The van der Waals surface area contributed by atoms with Gasteiger partial charge in [0.05, 0.1) is 18.8 Å². The third kappa shape index (κ3) is 6.23. The van der Waals surface area contributed by atoms with Crippen LogP contribution in [0.2, 0.25) is 0 Å². The summed E-state index contributed by atoms with van der Waals surface area (Å²) in [6, 6.07) is 0. The standard InChI is InChI=1S/C24H44O2/c1-3-5-19-6-8-20(9-7-19)10-14-24-17-13-22(18-26-24)21-11-15-23(16-12-21)25-4-2/h19-24H,3-18H2,1-2H3. The SMILES string of the molecule is CCCC1CCC(CCC2CCC(C3CCC(OCC)CC3)CO2)CC1. The zero-order valence-corrected chi connectivity index (χ0v) is 17.6. The lowest BCUT2D eigenvalue weighted by Crippen LogP contribution is -2.34. The molecule has 1 aliphatic heterocycles. The highest BCUT2D eigenvalue weighted by molar-refractivity contribution is 4.82. The third-order valence-electron chi connectivity index (χ3n) is 7.75. The molecule has 0 bridgehead atoms. The van der Waals surface area contributed by atoms with E-state index in [1.165, 1.54) is 89.9 Å². The van der Waals surface area contributed by atoms with Gasteiger partial charge in [0.1, 0.15) is 0 Å². The van der Waals surface area contributed by atoms with Gasteiger partial charge < -0.3 is 9.47 Å². The van der Waals surface area contributed by atoms with Gasteiger partial charge in [-0.1, -0.05) is 45.4 Å². The van der Waals surface area contributed by atoms with Crippen LogP contribution in [0.1, 0.15) is 104 Å². The minimum absolute atomic E-state index is 0.543. The van der Waals surface area contributed by atoms with Gasteiger partial charge in [-0.3, -0.25) is 0 Å². The van der Waals surface area contributed by atoms with Crippen LogP contribution in [0.15, 0.2) is 0 Å². The number of hydrogen-bond donors (Lipinski definition) is 0. The van der Waals surface area contributed by atoms with Gasteiger partial charge in [0, 0.05) is 6.61 Å². The summed E-state index contributed by atoms with van der Waals surface area (Å²) >= 11 is 0. The van der Waals surface area contributed by atoms with Gasteiger partial charge in [-0.25, -0.2) is 0 Å². The normalized spacial score (nSPS) is 39.0. The Morgan fingerprint density at radius 3 is 1.92 bits per heavy atom. The van der Waals surface area contributed by atoms with Crippen LogP contribution in [-0.4, -0.2) is 25.4 Å². The third-order valence-corrected chi connectivity index (χ3v) is 7.75. The molecule has 2 unspecified atom stereocenters. The van der Waals surface area contributed by atoms with Crippen molar-refractivity contribution in [2.75, 3.05) is 13.2 Å². The average Bonchev–Trinajstić information content (AvgIpc) is 2.69. The molecule has 1 saturated heterocycles. The van der Waals surface area contributed by atoms with Crippen molar-refractivity contribution < 1.29 is 9.47 Å². The Morgan fingerprint density at radius 1 is 0.692 bits per heavy atom. The molecule has 0 aromatic carbocycles. The van der Waals surface area contributed by atoms with Crippen molar-refractivity contribution in [2.24, 2.45) is 23.7 Å². The van der Waals surface area contributed by atoms with Crippen molar-refractivity contribution >= 4 is 0 Å². The van der Waals surface area contributed by atoms with Crippen molar-refractivity contribution in [3.63, 3.8) is 0 Å². The monoisotopic (exact) mass is 364 g/mol. The zero-order valence-electron chi connectivity index (χ0n) is 17.6. The van der Waals surface area contributed by atoms with Gasteiger partial charge in [-0.15, -0.1) is 0 Å². The van der Waals surface area contributed by atoms with E-state index < -0.39 is 0 Å². The maximum atomic E-state index is 6.34. The van der Waals surface area contributed by atoms with E-state index in [9.17, 15) is 0 Å². The molecule has 2 nitrogen and oxygen atoms in total. The van der Waals surface area contributed by atoms with Crippen LogP contribution in [0.4, 0.5) is 0 Å². The fourth-order valence-electron chi connectivity index (χ4n) is 6.03. The lowest BCUT2D eigenvalue weighted by atomic mass is 9.75. The van der Waals surface area contributed by atoms with Crippen molar-refractivity contribution in [2.45, 2.75) is 116 Å². The van der Waals surface area contributed by atoms with Gasteiger partial charge in [0.15, 0.2) is 0 Å². The molecule has 3 aliphatic rings. The van der Waals surface area contributed by atoms with Gasteiger partial charge in [-0.2, -0.15) is 0 Å². The van der Waals surface area contributed by atoms with Crippen LogP contribution < -0.4 is 0 Å². The van der Waals surface area contributed by atoms with Crippen LogP contribution in [0.25, 0.3) is 0 Å². The quantitative estimate of drug-likeness (QED) is 0.473. The van der Waals surface area contributed by atoms with Gasteiger partial charge in [0.25, 0.3) is 0 Å². The first kappa shape index (κ1) is 20.6. The molecule has 3 fully saturated rings. The summed E-state index contributed by atoms with van der Waals surface area (Å²) in [4.78, 5) is 0. The molecule has 1 heterocycles. The molecule has 152 valence electrons. The molecule has 2 heteroatoms. The Kier molecular flexibility index (Phi) is 8.78. The summed E-state index contributed by atoms with van der Waals surface area (Å²) in [6.07, 6.45) is 20.7. The summed E-state index contributed by atoms with van der Waals surface area (Å²) in [5, 5.41) is 0. The molecule has 0 N–H and O–H groups in total. The Hall–Kier alpha value is -0.0800. The largest absolute Gasteiger partial charge is 0.379 e. The fourth-order valence-corrected chi connectivity index (χ4v) is 6.03. The predicted molar refractivity (Wildman–Crippen MR) is 109 cm³/mol. The molecule has 0 aromatic heterocycles. The molecular formula is C24H44O2. The average molecular weight is 365 g/mol. The Balaban J connectivity index is 1.27. The number of ether oxygens (including phenoxy) is 2. The molecule has 2 saturated carbocycles. The highest BCUT2D eigenvalue weighted by atomic mass is 16.5. The van der Waals surface area contributed by atoms with Crippen molar-refractivity contribution in [1.82, 2.24) is 0 Å². The second-order valence-corrected chi connectivity index (χ2v) is 9.54. The first-order valence-electron chi connectivity index (χ1n) is 12.0. The Bertz CT molecular complexity index is 358. The Morgan fingerprint density at radius 2 is 1.35 bits per heavy atom. The summed E-state index contributed by atoms with van der Waals surface area (Å²) in [6.45, 7) is 6.38. The van der Waals surface area contributed by atoms with E-state index in [0.29, 0.717) is 12.2 Å². The van der Waals surface area contributed by atoms with Crippen molar-refractivity contribution in [3.05, 3.63) is 0 Å². The van der Waals surface area contributed by atoms with Crippen LogP contribution in [0, 0.1) is 23.7 Å². The van der Waals surface area contributed by atoms with Crippen LogP contribution in [0.3, 0.4) is 0 Å². The molecule has 26 heavy (non-hydrogen) atoms. The number of rotatable bonds is 8. The van der Waals surface area contributed by atoms with Gasteiger partial charge in [0.2, 0.25) is 0 Å². The molecule has 0 radical (unpaired) electrons. The van der Waals surface area contributed by atoms with E-state index in [0.717, 1.165) is 36.9 Å². The molecular weight excluding hydrogens is 320 g/mol.